The van der Waals surface area contributed by atoms with E-state index in [9.17, 15) is 0 Å². The minimum absolute atomic E-state index is 0.0130. The summed E-state index contributed by atoms with van der Waals surface area (Å²) >= 11 is 0. The van der Waals surface area contributed by atoms with Crippen molar-refractivity contribution in [3.63, 3.8) is 0 Å². The van der Waals surface area contributed by atoms with Gasteiger partial charge in [0.2, 0.25) is 0 Å². The van der Waals surface area contributed by atoms with E-state index < -0.39 is 0 Å². The molecule has 0 N–H and O–H groups in total. The first-order chi connectivity index (χ1) is 21.4. The minimum Gasteiger partial charge on any atom is -0.314 e. The Morgan fingerprint density at radius 2 is 1.34 bits per heavy atom. The maximum atomic E-state index is 2.59. The summed E-state index contributed by atoms with van der Waals surface area (Å²) in [4.78, 5) is 5.07. The van der Waals surface area contributed by atoms with Gasteiger partial charge in [0.25, 0.3) is 0 Å². The van der Waals surface area contributed by atoms with E-state index in [1.165, 1.54) is 62.0 Å². The molecule has 0 fully saturated rings. The number of nitrogens with zero attached hydrogens (tertiary/aromatic N) is 2. The van der Waals surface area contributed by atoms with Gasteiger partial charge < -0.3 is 9.80 Å². The van der Waals surface area contributed by atoms with E-state index in [1.807, 2.05) is 0 Å². The van der Waals surface area contributed by atoms with Crippen molar-refractivity contribution in [1.82, 2.24) is 0 Å². The fourth-order valence-electron chi connectivity index (χ4n) is 8.01. The lowest BCUT2D eigenvalue weighted by molar-refractivity contribution is 0.555. The second kappa shape index (κ2) is 9.99. The van der Waals surface area contributed by atoms with Crippen LogP contribution in [0.3, 0.4) is 0 Å². The highest BCUT2D eigenvalue weighted by atomic mass is 15.2. The number of para-hydroxylation sites is 1. The molecule has 0 unspecified atom stereocenters. The van der Waals surface area contributed by atoms with Crippen LogP contribution in [-0.2, 0) is 10.8 Å². The zero-order valence-corrected chi connectivity index (χ0v) is 26.3. The Labute approximate surface area is 262 Å². The molecular formula is C42H40N2. The molecule has 0 bridgehead atoms. The zero-order valence-electron chi connectivity index (χ0n) is 26.3. The number of allylic oxidation sites excluding steroid dienone is 7. The number of fused-ring (bicyclic) bond motifs is 3. The molecule has 2 aliphatic carbocycles. The summed E-state index contributed by atoms with van der Waals surface area (Å²) in [6, 6.07) is 34.0. The summed E-state index contributed by atoms with van der Waals surface area (Å²) in [5, 5.41) is 0. The highest BCUT2D eigenvalue weighted by Crippen LogP contribution is 2.59. The third-order valence-corrected chi connectivity index (χ3v) is 10.4. The summed E-state index contributed by atoms with van der Waals surface area (Å²) in [6.45, 7) is 9.68. The van der Waals surface area contributed by atoms with Crippen molar-refractivity contribution in [2.45, 2.75) is 64.2 Å². The van der Waals surface area contributed by atoms with Crippen molar-refractivity contribution in [3.05, 3.63) is 155 Å². The largest absolute Gasteiger partial charge is 0.314 e. The van der Waals surface area contributed by atoms with Crippen LogP contribution in [0.15, 0.2) is 138 Å². The Hall–Kier alpha value is -4.56. The summed E-state index contributed by atoms with van der Waals surface area (Å²) < 4.78 is 0. The van der Waals surface area contributed by atoms with Gasteiger partial charge in [0, 0.05) is 33.6 Å². The maximum absolute atomic E-state index is 2.59. The first-order valence-corrected chi connectivity index (χ1v) is 16.2. The molecule has 0 saturated carbocycles. The van der Waals surface area contributed by atoms with E-state index in [1.54, 1.807) is 5.57 Å². The Morgan fingerprint density at radius 3 is 2.09 bits per heavy atom. The van der Waals surface area contributed by atoms with E-state index in [-0.39, 0.29) is 10.8 Å². The van der Waals surface area contributed by atoms with Crippen molar-refractivity contribution < 1.29 is 0 Å². The van der Waals surface area contributed by atoms with Gasteiger partial charge in [-0.25, -0.2) is 0 Å². The molecule has 0 spiro atoms. The molecule has 2 aliphatic heterocycles. The smallest absolute Gasteiger partial charge is 0.0543 e. The second-order valence-electron chi connectivity index (χ2n) is 13.7. The van der Waals surface area contributed by atoms with Crippen molar-refractivity contribution in [3.8, 4) is 11.1 Å². The lowest BCUT2D eigenvalue weighted by atomic mass is 9.65. The standard InChI is InChI=1S/C42H40N2/c1-41(2)34-18-11-12-21-38(34)44-39-27-26-33(28-37(39)42(3,4)36-20-13-19-35(41)40(36)44)43(31-16-9-6-10-17-31)32-24-22-30(23-25-32)29-14-7-5-8-15-29/h5-9,12-16,19-28H,10-11,17-18H2,1-4H3. The maximum Gasteiger partial charge on any atom is 0.0543 e. The molecular weight excluding hydrogens is 532 g/mol. The van der Waals surface area contributed by atoms with Crippen LogP contribution in [0, 0.1) is 0 Å². The highest BCUT2D eigenvalue weighted by molar-refractivity contribution is 5.89. The normalized spacial score (nSPS) is 18.7. The lowest BCUT2D eigenvalue weighted by Crippen LogP contribution is -2.40. The molecule has 2 heteroatoms. The van der Waals surface area contributed by atoms with Crippen LogP contribution in [-0.4, -0.2) is 0 Å². The first-order valence-electron chi connectivity index (χ1n) is 16.2. The van der Waals surface area contributed by atoms with Crippen molar-refractivity contribution in [1.29, 1.82) is 0 Å². The highest BCUT2D eigenvalue weighted by Gasteiger charge is 2.46. The third kappa shape index (κ3) is 4.00. The van der Waals surface area contributed by atoms with Gasteiger partial charge in [0.1, 0.15) is 0 Å². The summed E-state index contributed by atoms with van der Waals surface area (Å²) in [7, 11) is 0. The van der Waals surface area contributed by atoms with Gasteiger partial charge >= 0.3 is 0 Å². The quantitative estimate of drug-likeness (QED) is 0.240. The molecule has 0 saturated heterocycles. The van der Waals surface area contributed by atoms with Gasteiger partial charge in [-0.1, -0.05) is 107 Å². The molecule has 4 aliphatic rings. The molecule has 2 nitrogen and oxygen atoms in total. The monoisotopic (exact) mass is 572 g/mol. The molecule has 44 heavy (non-hydrogen) atoms. The Balaban J connectivity index is 1.30. The predicted molar refractivity (Wildman–Crippen MR) is 186 cm³/mol. The van der Waals surface area contributed by atoms with Gasteiger partial charge in [0.15, 0.2) is 0 Å². The van der Waals surface area contributed by atoms with E-state index >= 15 is 0 Å². The van der Waals surface area contributed by atoms with E-state index in [0.29, 0.717) is 0 Å². The summed E-state index contributed by atoms with van der Waals surface area (Å²) in [5.41, 5.74) is 16.0. The van der Waals surface area contributed by atoms with Gasteiger partial charge in [-0.3, -0.25) is 0 Å². The van der Waals surface area contributed by atoms with Gasteiger partial charge in [-0.15, -0.1) is 0 Å². The fraction of sp³-hybridized carbons (Fsp3) is 0.238. The molecule has 0 amide bonds. The van der Waals surface area contributed by atoms with Gasteiger partial charge in [-0.05, 0) is 102 Å². The van der Waals surface area contributed by atoms with E-state index in [2.05, 4.69) is 159 Å². The van der Waals surface area contributed by atoms with E-state index in [0.717, 1.165) is 25.7 Å². The number of hydrogen-bond acceptors (Lipinski definition) is 2. The average molecular weight is 573 g/mol. The van der Waals surface area contributed by atoms with Crippen LogP contribution in [0.5, 0.6) is 0 Å². The van der Waals surface area contributed by atoms with Crippen LogP contribution in [0.1, 0.15) is 70.1 Å². The predicted octanol–water partition coefficient (Wildman–Crippen LogP) is 11.4. The average Bonchev–Trinajstić information content (AvgIpc) is 3.06. The van der Waals surface area contributed by atoms with Crippen LogP contribution < -0.4 is 9.80 Å². The van der Waals surface area contributed by atoms with Crippen LogP contribution in [0.2, 0.25) is 0 Å². The molecule has 8 rings (SSSR count). The van der Waals surface area contributed by atoms with Crippen LogP contribution in [0.25, 0.3) is 11.1 Å². The summed E-state index contributed by atoms with van der Waals surface area (Å²) in [6.07, 6.45) is 15.8. The number of benzene rings is 4. The zero-order chi connectivity index (χ0) is 30.1. The Morgan fingerprint density at radius 1 is 0.636 bits per heavy atom. The van der Waals surface area contributed by atoms with Gasteiger partial charge in [-0.2, -0.15) is 0 Å². The Kier molecular flexibility index (Phi) is 6.14. The molecule has 218 valence electrons. The molecule has 0 aromatic heterocycles. The molecule has 4 aromatic carbocycles. The van der Waals surface area contributed by atoms with E-state index in [4.69, 9.17) is 0 Å². The molecule has 4 aromatic rings. The number of hydrogen-bond donors (Lipinski definition) is 0. The van der Waals surface area contributed by atoms with Crippen molar-refractivity contribution in [2.75, 3.05) is 9.80 Å². The fourth-order valence-corrected chi connectivity index (χ4v) is 8.01. The summed E-state index contributed by atoms with van der Waals surface area (Å²) in [5.74, 6) is 0. The van der Waals surface area contributed by atoms with Crippen LogP contribution in [0.4, 0.5) is 22.7 Å². The number of anilines is 4. The Bertz CT molecular complexity index is 1900. The number of rotatable bonds is 4. The van der Waals surface area contributed by atoms with Crippen molar-refractivity contribution in [2.24, 2.45) is 0 Å². The first kappa shape index (κ1) is 27.0. The molecule has 0 atom stereocenters. The SMILES string of the molecule is CC1(C)C2=C(C=CCC2)N2c3ccc(N(C4=CC=CCC4)c4ccc(-c5ccccc5)cc4)cc3C(C)(C)c3cccc1c32. The van der Waals surface area contributed by atoms with Crippen LogP contribution >= 0.6 is 0 Å². The molecule has 0 radical (unpaired) electrons. The lowest BCUT2D eigenvalue weighted by Gasteiger charge is -2.50. The van der Waals surface area contributed by atoms with Crippen molar-refractivity contribution >= 4 is 22.7 Å². The minimum atomic E-state index is -0.149. The molecule has 2 heterocycles. The van der Waals surface area contributed by atoms with Gasteiger partial charge in [0.05, 0.1) is 11.4 Å². The second-order valence-corrected chi connectivity index (χ2v) is 13.7. The third-order valence-electron chi connectivity index (χ3n) is 10.4. The topological polar surface area (TPSA) is 6.48 Å².